The van der Waals surface area contributed by atoms with E-state index in [2.05, 4.69) is 0 Å². The van der Waals surface area contributed by atoms with Gasteiger partial charge in [0, 0.05) is 11.1 Å². The lowest BCUT2D eigenvalue weighted by Crippen LogP contribution is -1.73. The molecule has 3 rings (SSSR count). The molecule has 0 spiro atoms. The normalized spacial score (nSPS) is 10.4. The van der Waals surface area contributed by atoms with Gasteiger partial charge in [-0.2, -0.15) is 0 Å². The van der Waals surface area contributed by atoms with Crippen LogP contribution in [0.1, 0.15) is 0 Å². The van der Waals surface area contributed by atoms with E-state index in [1.165, 1.54) is 0 Å². The molecule has 1 aromatic heterocycles. The smallest absolute Gasteiger partial charge is 0.134 e. The van der Waals surface area contributed by atoms with Gasteiger partial charge in [-0.3, -0.25) is 0 Å². The molecular weight excluding hydrogens is 224 g/mol. The summed E-state index contributed by atoms with van der Waals surface area (Å²) >= 11 is 0. The quantitative estimate of drug-likeness (QED) is 0.718. The average molecular weight is 236 g/mol. The lowest BCUT2D eigenvalue weighted by atomic mass is 10.1. The highest BCUT2D eigenvalue weighted by atomic mass is 16.3. The van der Waals surface area contributed by atoms with Crippen molar-refractivity contribution in [3.63, 3.8) is 0 Å². The number of benzene rings is 2. The molecule has 0 saturated heterocycles. The van der Waals surface area contributed by atoms with Crippen molar-refractivity contribution in [3.05, 3.63) is 66.9 Å². The van der Waals surface area contributed by atoms with Crippen LogP contribution in [0.2, 0.25) is 0 Å². The van der Waals surface area contributed by atoms with E-state index in [-0.39, 0.29) is 5.75 Å². The van der Waals surface area contributed by atoms with Crippen molar-refractivity contribution >= 4 is 0 Å². The Hall–Kier alpha value is -2.48. The summed E-state index contributed by atoms with van der Waals surface area (Å²) in [7, 11) is 0. The van der Waals surface area contributed by atoms with Gasteiger partial charge in [0.2, 0.25) is 0 Å². The van der Waals surface area contributed by atoms with Gasteiger partial charge in [0.25, 0.3) is 0 Å². The SMILES string of the molecule is Oc1cccc(-c2cc(-c3ccccc3)co2)c1. The fourth-order valence-corrected chi connectivity index (χ4v) is 1.93. The molecule has 0 fully saturated rings. The summed E-state index contributed by atoms with van der Waals surface area (Å²) in [6.07, 6.45) is 1.73. The maximum Gasteiger partial charge on any atom is 0.134 e. The molecule has 2 aromatic carbocycles. The number of hydrogen-bond acceptors (Lipinski definition) is 2. The summed E-state index contributed by atoms with van der Waals surface area (Å²) < 4.78 is 5.55. The molecule has 0 bridgehead atoms. The summed E-state index contributed by atoms with van der Waals surface area (Å²) in [4.78, 5) is 0. The van der Waals surface area contributed by atoms with Crippen LogP contribution in [0.5, 0.6) is 5.75 Å². The minimum atomic E-state index is 0.241. The van der Waals surface area contributed by atoms with Crippen LogP contribution in [0.15, 0.2) is 71.3 Å². The largest absolute Gasteiger partial charge is 0.508 e. The predicted octanol–water partition coefficient (Wildman–Crippen LogP) is 4.32. The zero-order valence-corrected chi connectivity index (χ0v) is 9.71. The van der Waals surface area contributed by atoms with Crippen LogP contribution in [-0.2, 0) is 0 Å². The molecule has 1 heterocycles. The highest BCUT2D eigenvalue weighted by Gasteiger charge is 2.06. The molecule has 0 radical (unpaired) electrons. The molecule has 88 valence electrons. The third kappa shape index (κ3) is 2.00. The van der Waals surface area contributed by atoms with Crippen LogP contribution in [0.25, 0.3) is 22.5 Å². The summed E-state index contributed by atoms with van der Waals surface area (Å²) in [6.45, 7) is 0. The van der Waals surface area contributed by atoms with Gasteiger partial charge in [-0.15, -0.1) is 0 Å². The Morgan fingerprint density at radius 2 is 1.50 bits per heavy atom. The molecule has 0 unspecified atom stereocenters. The first-order valence-electron chi connectivity index (χ1n) is 5.76. The first kappa shape index (κ1) is 10.7. The van der Waals surface area contributed by atoms with Crippen LogP contribution in [0.4, 0.5) is 0 Å². The summed E-state index contributed by atoms with van der Waals surface area (Å²) in [5.74, 6) is 0.995. The van der Waals surface area contributed by atoms with E-state index in [9.17, 15) is 5.11 Å². The highest BCUT2D eigenvalue weighted by molar-refractivity contribution is 5.70. The third-order valence-electron chi connectivity index (χ3n) is 2.84. The topological polar surface area (TPSA) is 33.4 Å². The summed E-state index contributed by atoms with van der Waals surface area (Å²) in [6, 6.07) is 19.1. The van der Waals surface area contributed by atoms with Gasteiger partial charge in [-0.25, -0.2) is 0 Å². The van der Waals surface area contributed by atoms with Gasteiger partial charge in [0.05, 0.1) is 6.26 Å². The Morgan fingerprint density at radius 3 is 2.28 bits per heavy atom. The highest BCUT2D eigenvalue weighted by Crippen LogP contribution is 2.29. The van der Waals surface area contributed by atoms with E-state index >= 15 is 0 Å². The lowest BCUT2D eigenvalue weighted by Gasteiger charge is -1.96. The van der Waals surface area contributed by atoms with Crippen molar-refractivity contribution < 1.29 is 9.52 Å². The number of hydrogen-bond donors (Lipinski definition) is 1. The number of phenols is 1. The first-order chi connectivity index (χ1) is 8.83. The van der Waals surface area contributed by atoms with E-state index in [4.69, 9.17) is 4.42 Å². The van der Waals surface area contributed by atoms with Gasteiger partial charge < -0.3 is 9.52 Å². The average Bonchev–Trinajstić information content (AvgIpc) is 2.89. The minimum Gasteiger partial charge on any atom is -0.508 e. The Kier molecular flexibility index (Phi) is 2.61. The van der Waals surface area contributed by atoms with Gasteiger partial charge in [0.1, 0.15) is 11.5 Å². The molecule has 0 saturated carbocycles. The van der Waals surface area contributed by atoms with Crippen molar-refractivity contribution in [2.45, 2.75) is 0 Å². The van der Waals surface area contributed by atoms with Crippen molar-refractivity contribution in [2.24, 2.45) is 0 Å². The second-order valence-electron chi connectivity index (χ2n) is 4.12. The molecule has 0 aliphatic rings. The van der Waals surface area contributed by atoms with E-state index in [1.54, 1.807) is 24.5 Å². The van der Waals surface area contributed by atoms with E-state index in [0.29, 0.717) is 0 Å². The fourth-order valence-electron chi connectivity index (χ4n) is 1.93. The Balaban J connectivity index is 2.00. The Morgan fingerprint density at radius 1 is 0.722 bits per heavy atom. The summed E-state index contributed by atoms with van der Waals surface area (Å²) in [5, 5.41) is 9.46. The molecule has 2 nitrogen and oxygen atoms in total. The van der Waals surface area contributed by atoms with Crippen molar-refractivity contribution in [2.75, 3.05) is 0 Å². The second kappa shape index (κ2) is 4.41. The minimum absolute atomic E-state index is 0.241. The van der Waals surface area contributed by atoms with Crippen LogP contribution >= 0.6 is 0 Å². The number of furan rings is 1. The molecule has 18 heavy (non-hydrogen) atoms. The van der Waals surface area contributed by atoms with Crippen molar-refractivity contribution in [3.8, 4) is 28.2 Å². The van der Waals surface area contributed by atoms with Gasteiger partial charge in [-0.05, 0) is 23.8 Å². The van der Waals surface area contributed by atoms with Crippen LogP contribution in [0.3, 0.4) is 0 Å². The Bertz CT molecular complexity index is 654. The van der Waals surface area contributed by atoms with E-state index in [0.717, 1.165) is 22.5 Å². The maximum atomic E-state index is 9.46. The zero-order chi connectivity index (χ0) is 12.4. The van der Waals surface area contributed by atoms with Gasteiger partial charge in [-0.1, -0.05) is 42.5 Å². The van der Waals surface area contributed by atoms with Gasteiger partial charge >= 0.3 is 0 Å². The van der Waals surface area contributed by atoms with Crippen molar-refractivity contribution in [1.82, 2.24) is 0 Å². The molecule has 0 amide bonds. The van der Waals surface area contributed by atoms with Crippen LogP contribution in [0, 0.1) is 0 Å². The predicted molar refractivity (Wildman–Crippen MR) is 71.2 cm³/mol. The number of aromatic hydroxyl groups is 1. The molecular formula is C16H12O2. The standard InChI is InChI=1S/C16H12O2/c17-15-8-4-7-13(9-15)16-10-14(11-18-16)12-5-2-1-3-6-12/h1-11,17H. The molecule has 2 heteroatoms. The summed E-state index contributed by atoms with van der Waals surface area (Å²) in [5.41, 5.74) is 3.03. The zero-order valence-electron chi connectivity index (χ0n) is 9.71. The molecule has 3 aromatic rings. The number of rotatable bonds is 2. The Labute approximate surface area is 105 Å². The lowest BCUT2D eigenvalue weighted by molar-refractivity contribution is 0.475. The maximum absolute atomic E-state index is 9.46. The van der Waals surface area contributed by atoms with Gasteiger partial charge in [0.15, 0.2) is 0 Å². The van der Waals surface area contributed by atoms with Crippen LogP contribution in [-0.4, -0.2) is 5.11 Å². The third-order valence-corrected chi connectivity index (χ3v) is 2.84. The molecule has 0 aliphatic carbocycles. The monoisotopic (exact) mass is 236 g/mol. The first-order valence-corrected chi connectivity index (χ1v) is 5.76. The van der Waals surface area contributed by atoms with E-state index < -0.39 is 0 Å². The second-order valence-corrected chi connectivity index (χ2v) is 4.12. The van der Waals surface area contributed by atoms with Crippen LogP contribution < -0.4 is 0 Å². The van der Waals surface area contributed by atoms with Crippen molar-refractivity contribution in [1.29, 1.82) is 0 Å². The fraction of sp³-hybridized carbons (Fsp3) is 0. The number of phenolic OH excluding ortho intramolecular Hbond substituents is 1. The molecule has 1 N–H and O–H groups in total. The molecule has 0 atom stereocenters. The van der Waals surface area contributed by atoms with E-state index in [1.807, 2.05) is 42.5 Å². The molecule has 0 aliphatic heterocycles.